The van der Waals surface area contributed by atoms with Gasteiger partial charge in [0.05, 0.1) is 12.9 Å². The number of ether oxygens (including phenoxy) is 1. The molecule has 0 amide bonds. The molecule has 27 heavy (non-hydrogen) atoms. The molecular formula is C16H25N5O6. The first kappa shape index (κ1) is 19.9. The summed E-state index contributed by atoms with van der Waals surface area (Å²) >= 11 is 0. The fraction of sp³-hybridized carbons (Fsp3) is 0.688. The minimum Gasteiger partial charge on any atom is -0.396 e. The molecule has 1 aliphatic rings. The monoisotopic (exact) mass is 383 g/mol. The summed E-state index contributed by atoms with van der Waals surface area (Å²) in [5.41, 5.74) is 0.818. The minimum atomic E-state index is -1.49. The molecule has 11 heteroatoms. The van der Waals surface area contributed by atoms with Gasteiger partial charge < -0.3 is 35.6 Å². The van der Waals surface area contributed by atoms with E-state index in [0.717, 1.165) is 6.42 Å². The number of imidazole rings is 1. The first-order valence-electron chi connectivity index (χ1n) is 8.80. The van der Waals surface area contributed by atoms with Crippen LogP contribution in [0, 0.1) is 5.92 Å². The van der Waals surface area contributed by atoms with E-state index in [0.29, 0.717) is 23.5 Å². The van der Waals surface area contributed by atoms with Crippen LogP contribution < -0.4 is 5.32 Å². The molecule has 0 spiro atoms. The highest BCUT2D eigenvalue weighted by Crippen LogP contribution is 2.31. The molecule has 0 saturated carbocycles. The van der Waals surface area contributed by atoms with E-state index >= 15 is 0 Å². The second kappa shape index (κ2) is 8.42. The van der Waals surface area contributed by atoms with Gasteiger partial charge in [0, 0.05) is 13.2 Å². The summed E-state index contributed by atoms with van der Waals surface area (Å²) in [6.07, 6.45) is -2.98. The Hall–Kier alpha value is -1.89. The molecule has 0 aliphatic carbocycles. The minimum absolute atomic E-state index is 0.104. The third-order valence-electron chi connectivity index (χ3n) is 4.74. The molecule has 11 nitrogen and oxygen atoms in total. The van der Waals surface area contributed by atoms with Crippen LogP contribution in [0.15, 0.2) is 12.7 Å². The topological polar surface area (TPSA) is 166 Å². The number of rotatable bonds is 7. The van der Waals surface area contributed by atoms with E-state index in [1.54, 1.807) is 0 Å². The van der Waals surface area contributed by atoms with E-state index < -0.39 is 37.3 Å². The van der Waals surface area contributed by atoms with E-state index in [2.05, 4.69) is 20.3 Å². The van der Waals surface area contributed by atoms with Crippen LogP contribution in [-0.4, -0.2) is 89.2 Å². The Kier molecular flexibility index (Phi) is 6.19. The summed E-state index contributed by atoms with van der Waals surface area (Å²) in [5, 5.41) is 51.8. The Labute approximate surface area is 155 Å². The summed E-state index contributed by atoms with van der Waals surface area (Å²) in [6, 6.07) is 0. The summed E-state index contributed by atoms with van der Waals surface area (Å²) in [6.45, 7) is 2.11. The molecule has 0 radical (unpaired) electrons. The summed E-state index contributed by atoms with van der Waals surface area (Å²) in [7, 11) is 0. The van der Waals surface area contributed by atoms with E-state index in [4.69, 9.17) is 9.84 Å². The molecule has 6 N–H and O–H groups in total. The lowest BCUT2D eigenvalue weighted by Gasteiger charge is -2.40. The van der Waals surface area contributed by atoms with Crippen molar-refractivity contribution in [2.24, 2.45) is 5.92 Å². The zero-order valence-electron chi connectivity index (χ0n) is 14.9. The van der Waals surface area contributed by atoms with Crippen LogP contribution in [0.2, 0.25) is 0 Å². The molecule has 2 aromatic heterocycles. The summed E-state index contributed by atoms with van der Waals surface area (Å²) in [5.74, 6) is 0.648. The lowest BCUT2D eigenvalue weighted by Crippen LogP contribution is -2.56. The number of fused-ring (bicyclic) bond motifs is 1. The van der Waals surface area contributed by atoms with E-state index in [9.17, 15) is 20.4 Å². The first-order valence-corrected chi connectivity index (χ1v) is 8.80. The Morgan fingerprint density at radius 1 is 1.15 bits per heavy atom. The second-order valence-corrected chi connectivity index (χ2v) is 6.77. The molecule has 1 fully saturated rings. The maximum atomic E-state index is 10.3. The van der Waals surface area contributed by atoms with Gasteiger partial charge in [-0.2, -0.15) is 0 Å². The van der Waals surface area contributed by atoms with Crippen LogP contribution in [-0.2, 0) is 4.74 Å². The molecule has 1 saturated heterocycles. The zero-order chi connectivity index (χ0) is 19.6. The smallest absolute Gasteiger partial charge is 0.167 e. The highest BCUT2D eigenvalue weighted by atomic mass is 16.6. The maximum Gasteiger partial charge on any atom is 0.167 e. The number of nitrogens with zero attached hydrogens (tertiary/aromatic N) is 4. The SMILES string of the molecule is C[C@H](CO)CCNc1ncnc2c1ncn2[C@@H]1O[C@H](CO)[C@@H](O)[C@H](O)[C@H]1O. The van der Waals surface area contributed by atoms with E-state index in [-0.39, 0.29) is 12.5 Å². The molecule has 0 aromatic carbocycles. The Balaban J connectivity index is 1.85. The van der Waals surface area contributed by atoms with Crippen LogP contribution in [0.25, 0.3) is 11.2 Å². The van der Waals surface area contributed by atoms with Crippen LogP contribution >= 0.6 is 0 Å². The van der Waals surface area contributed by atoms with Gasteiger partial charge in [-0.25, -0.2) is 15.0 Å². The van der Waals surface area contributed by atoms with Crippen molar-refractivity contribution >= 4 is 17.0 Å². The molecule has 3 heterocycles. The maximum absolute atomic E-state index is 10.3. The third kappa shape index (κ3) is 3.88. The molecule has 0 unspecified atom stereocenters. The van der Waals surface area contributed by atoms with Crippen molar-refractivity contribution in [3.05, 3.63) is 12.7 Å². The molecule has 1 aliphatic heterocycles. The van der Waals surface area contributed by atoms with Crippen LogP contribution in [0.1, 0.15) is 19.6 Å². The molecule has 2 aromatic rings. The van der Waals surface area contributed by atoms with Gasteiger partial charge in [-0.3, -0.25) is 4.57 Å². The van der Waals surface area contributed by atoms with Gasteiger partial charge in [-0.05, 0) is 12.3 Å². The summed E-state index contributed by atoms with van der Waals surface area (Å²) in [4.78, 5) is 12.6. The number of hydrogen-bond donors (Lipinski definition) is 6. The third-order valence-corrected chi connectivity index (χ3v) is 4.74. The fourth-order valence-electron chi connectivity index (χ4n) is 3.01. The van der Waals surface area contributed by atoms with Crippen molar-refractivity contribution in [3.8, 4) is 0 Å². The van der Waals surface area contributed by atoms with Gasteiger partial charge in [-0.1, -0.05) is 6.92 Å². The number of aromatic nitrogens is 4. The highest BCUT2D eigenvalue weighted by molar-refractivity contribution is 5.82. The van der Waals surface area contributed by atoms with Crippen molar-refractivity contribution in [1.82, 2.24) is 19.5 Å². The molecule has 3 rings (SSSR count). The Morgan fingerprint density at radius 2 is 1.93 bits per heavy atom. The van der Waals surface area contributed by atoms with Gasteiger partial charge in [0.1, 0.15) is 30.7 Å². The van der Waals surface area contributed by atoms with Crippen molar-refractivity contribution in [1.29, 1.82) is 0 Å². The normalized spacial score (nSPS) is 29.8. The first-order chi connectivity index (χ1) is 13.0. The summed E-state index contributed by atoms with van der Waals surface area (Å²) < 4.78 is 6.99. The molecule has 6 atom stereocenters. The predicted octanol–water partition coefficient (Wildman–Crippen LogP) is -1.77. The van der Waals surface area contributed by atoms with Crippen molar-refractivity contribution in [2.75, 3.05) is 25.1 Å². The van der Waals surface area contributed by atoms with E-state index in [1.807, 2.05) is 6.92 Å². The van der Waals surface area contributed by atoms with Crippen LogP contribution in [0.5, 0.6) is 0 Å². The van der Waals surface area contributed by atoms with E-state index in [1.165, 1.54) is 17.2 Å². The van der Waals surface area contributed by atoms with Crippen LogP contribution in [0.4, 0.5) is 5.82 Å². The van der Waals surface area contributed by atoms with Crippen molar-refractivity contribution < 1.29 is 30.3 Å². The predicted molar refractivity (Wildman–Crippen MR) is 93.7 cm³/mol. The standard InChI is InChI=1S/C16H25N5O6/c1-8(4-22)2-3-17-14-10-15(19-6-18-14)21(7-20-10)16-13(26)12(25)11(24)9(5-23)27-16/h6-9,11-13,16,22-26H,2-5H2,1H3,(H,17,18,19)/t8-,9+,11+,12-,13+,16+/m0/s1. The molecule has 150 valence electrons. The number of aliphatic hydroxyl groups excluding tert-OH is 5. The average Bonchev–Trinajstić information content (AvgIpc) is 3.11. The van der Waals surface area contributed by atoms with Gasteiger partial charge in [0.25, 0.3) is 0 Å². The van der Waals surface area contributed by atoms with Crippen molar-refractivity contribution in [2.45, 2.75) is 44.0 Å². The second-order valence-electron chi connectivity index (χ2n) is 6.77. The Bertz CT molecular complexity index is 756. The van der Waals surface area contributed by atoms with Gasteiger partial charge in [0.2, 0.25) is 0 Å². The number of aliphatic hydroxyl groups is 5. The van der Waals surface area contributed by atoms with Gasteiger partial charge in [0.15, 0.2) is 23.2 Å². The molecule has 0 bridgehead atoms. The lowest BCUT2D eigenvalue weighted by atomic mass is 9.98. The fourth-order valence-corrected chi connectivity index (χ4v) is 3.01. The average molecular weight is 383 g/mol. The highest BCUT2D eigenvalue weighted by Gasteiger charge is 2.44. The zero-order valence-corrected chi connectivity index (χ0v) is 14.9. The largest absolute Gasteiger partial charge is 0.396 e. The molecular weight excluding hydrogens is 358 g/mol. The Morgan fingerprint density at radius 3 is 2.63 bits per heavy atom. The van der Waals surface area contributed by atoms with Gasteiger partial charge in [-0.15, -0.1) is 0 Å². The number of nitrogens with one attached hydrogen (secondary N) is 1. The lowest BCUT2D eigenvalue weighted by molar-refractivity contribution is -0.250. The van der Waals surface area contributed by atoms with Gasteiger partial charge >= 0.3 is 0 Å². The quantitative estimate of drug-likeness (QED) is 0.322. The number of hydrogen-bond acceptors (Lipinski definition) is 10. The van der Waals surface area contributed by atoms with Crippen LogP contribution in [0.3, 0.4) is 0 Å². The number of anilines is 1. The van der Waals surface area contributed by atoms with Crippen molar-refractivity contribution in [3.63, 3.8) is 0 Å².